The summed E-state index contributed by atoms with van der Waals surface area (Å²) in [5.41, 5.74) is 0.992. The minimum Gasteiger partial charge on any atom is -0.387 e. The Bertz CT molecular complexity index is 473. The lowest BCUT2D eigenvalue weighted by molar-refractivity contribution is 0.153. The van der Waals surface area contributed by atoms with Gasteiger partial charge in [-0.15, -0.1) is 11.3 Å². The van der Waals surface area contributed by atoms with Gasteiger partial charge in [-0.1, -0.05) is 6.42 Å². The molecule has 1 saturated carbocycles. The van der Waals surface area contributed by atoms with Crippen LogP contribution in [0.25, 0.3) is 0 Å². The number of anilines is 1. The van der Waals surface area contributed by atoms with Crippen molar-refractivity contribution in [3.05, 3.63) is 10.6 Å². The number of hydrogen-bond acceptors (Lipinski definition) is 4. The molecular weight excluding hydrogens is 256 g/mol. The van der Waals surface area contributed by atoms with Gasteiger partial charge in [0, 0.05) is 17.5 Å². The number of hydrogen-bond donors (Lipinski definition) is 1. The van der Waals surface area contributed by atoms with Crippen LogP contribution in [0.3, 0.4) is 0 Å². The molecule has 104 valence electrons. The van der Waals surface area contributed by atoms with E-state index in [9.17, 15) is 5.11 Å². The van der Waals surface area contributed by atoms with Gasteiger partial charge in [-0.2, -0.15) is 0 Å². The van der Waals surface area contributed by atoms with E-state index in [0.717, 1.165) is 36.9 Å². The summed E-state index contributed by atoms with van der Waals surface area (Å²) in [5.74, 6) is 0.902. The molecular formula is C15H22N2OS. The van der Waals surface area contributed by atoms with E-state index in [-0.39, 0.29) is 6.10 Å². The minimum atomic E-state index is -0.307. The number of aromatic nitrogens is 1. The molecule has 0 spiro atoms. The molecule has 1 aliphatic heterocycles. The lowest BCUT2D eigenvalue weighted by atomic mass is 9.92. The summed E-state index contributed by atoms with van der Waals surface area (Å²) in [6.07, 6.45) is 9.68. The Balaban J connectivity index is 1.64. The maximum atomic E-state index is 10.1. The van der Waals surface area contributed by atoms with E-state index in [1.54, 1.807) is 0 Å². The maximum Gasteiger partial charge on any atom is 0.186 e. The Kier molecular flexibility index (Phi) is 3.03. The van der Waals surface area contributed by atoms with Gasteiger partial charge in [-0.3, -0.25) is 0 Å². The fraction of sp³-hybridized carbons (Fsp3) is 0.800. The molecule has 1 N–H and O–H groups in total. The van der Waals surface area contributed by atoms with Crippen LogP contribution in [0.1, 0.15) is 61.6 Å². The molecule has 1 aromatic rings. The second-order valence-electron chi connectivity index (χ2n) is 6.31. The second kappa shape index (κ2) is 4.74. The molecule has 2 aliphatic carbocycles. The van der Waals surface area contributed by atoms with Gasteiger partial charge in [0.15, 0.2) is 5.13 Å². The lowest BCUT2D eigenvalue weighted by Gasteiger charge is -2.37. The van der Waals surface area contributed by atoms with Crippen molar-refractivity contribution in [1.82, 2.24) is 4.98 Å². The summed E-state index contributed by atoms with van der Waals surface area (Å²) in [6.45, 7) is 1.17. The zero-order valence-corrected chi connectivity index (χ0v) is 12.2. The van der Waals surface area contributed by atoms with E-state index in [2.05, 4.69) is 4.90 Å². The van der Waals surface area contributed by atoms with Gasteiger partial charge < -0.3 is 10.0 Å². The molecule has 0 aromatic carbocycles. The zero-order valence-electron chi connectivity index (χ0n) is 11.3. The largest absolute Gasteiger partial charge is 0.387 e. The third kappa shape index (κ3) is 2.00. The quantitative estimate of drug-likeness (QED) is 0.856. The summed E-state index contributed by atoms with van der Waals surface area (Å²) in [7, 11) is 0. The van der Waals surface area contributed by atoms with Gasteiger partial charge in [0.25, 0.3) is 0 Å². The van der Waals surface area contributed by atoms with E-state index < -0.39 is 0 Å². The van der Waals surface area contributed by atoms with Crippen LogP contribution < -0.4 is 4.90 Å². The Labute approximate surface area is 118 Å². The molecule has 2 fully saturated rings. The van der Waals surface area contributed by atoms with Crippen molar-refractivity contribution in [1.29, 1.82) is 0 Å². The molecule has 3 atom stereocenters. The first kappa shape index (κ1) is 12.2. The van der Waals surface area contributed by atoms with Crippen molar-refractivity contribution >= 4 is 16.5 Å². The van der Waals surface area contributed by atoms with Gasteiger partial charge >= 0.3 is 0 Å². The third-order valence-corrected chi connectivity index (χ3v) is 6.32. The topological polar surface area (TPSA) is 36.4 Å². The Morgan fingerprint density at radius 1 is 1.11 bits per heavy atom. The number of piperidine rings is 1. The smallest absolute Gasteiger partial charge is 0.186 e. The van der Waals surface area contributed by atoms with Crippen LogP contribution in [0.2, 0.25) is 0 Å². The molecule has 1 aromatic heterocycles. The average molecular weight is 278 g/mol. The van der Waals surface area contributed by atoms with Crippen molar-refractivity contribution in [2.24, 2.45) is 5.92 Å². The molecule has 19 heavy (non-hydrogen) atoms. The van der Waals surface area contributed by atoms with Crippen LogP contribution in [0, 0.1) is 5.92 Å². The summed E-state index contributed by atoms with van der Waals surface area (Å²) in [4.78, 5) is 8.72. The van der Waals surface area contributed by atoms with Crippen LogP contribution >= 0.6 is 11.3 Å². The maximum absolute atomic E-state index is 10.1. The van der Waals surface area contributed by atoms with Gasteiger partial charge in [-0.05, 0) is 50.9 Å². The number of fused-ring (bicyclic) bond motifs is 2. The molecule has 0 bridgehead atoms. The molecule has 4 rings (SSSR count). The van der Waals surface area contributed by atoms with Crippen LogP contribution in [-0.4, -0.2) is 22.7 Å². The van der Waals surface area contributed by atoms with Gasteiger partial charge in [0.05, 0.1) is 11.8 Å². The summed E-state index contributed by atoms with van der Waals surface area (Å²) in [5, 5.41) is 11.3. The van der Waals surface area contributed by atoms with Crippen molar-refractivity contribution in [3.8, 4) is 0 Å². The standard InChI is InChI=1S/C15H22N2OS/c18-12-7-2-8-13-14(12)16-15(19-13)17-9-3-5-10-4-1-6-11(10)17/h10-12,18H,1-9H2. The van der Waals surface area contributed by atoms with E-state index in [1.807, 2.05) is 11.3 Å². The normalized spacial score (nSPS) is 34.2. The SMILES string of the molecule is OC1CCCc2sc(N3CCCC4CCCC43)nc21. The first-order valence-corrected chi connectivity index (χ1v) is 8.59. The zero-order chi connectivity index (χ0) is 12.8. The number of aryl methyl sites for hydroxylation is 1. The highest BCUT2D eigenvalue weighted by Gasteiger charge is 2.37. The Morgan fingerprint density at radius 3 is 2.89 bits per heavy atom. The van der Waals surface area contributed by atoms with E-state index in [4.69, 9.17) is 4.98 Å². The Morgan fingerprint density at radius 2 is 2.00 bits per heavy atom. The van der Waals surface area contributed by atoms with Gasteiger partial charge in [0.1, 0.15) is 0 Å². The van der Waals surface area contributed by atoms with Gasteiger partial charge in [0.2, 0.25) is 0 Å². The minimum absolute atomic E-state index is 0.307. The molecule has 1 saturated heterocycles. The van der Waals surface area contributed by atoms with E-state index in [1.165, 1.54) is 48.7 Å². The van der Waals surface area contributed by atoms with Crippen LogP contribution in [0.4, 0.5) is 5.13 Å². The molecule has 3 nitrogen and oxygen atoms in total. The fourth-order valence-electron chi connectivity index (χ4n) is 4.20. The van der Waals surface area contributed by atoms with Crippen molar-refractivity contribution in [2.75, 3.05) is 11.4 Å². The number of thiazole rings is 1. The highest BCUT2D eigenvalue weighted by atomic mass is 32.1. The molecule has 3 aliphatic rings. The van der Waals surface area contributed by atoms with E-state index >= 15 is 0 Å². The predicted molar refractivity (Wildman–Crippen MR) is 77.7 cm³/mol. The summed E-state index contributed by atoms with van der Waals surface area (Å²) < 4.78 is 0. The molecule has 0 radical (unpaired) electrons. The molecule has 3 unspecified atom stereocenters. The van der Waals surface area contributed by atoms with Crippen LogP contribution in [0.15, 0.2) is 0 Å². The molecule has 2 heterocycles. The first-order chi connectivity index (χ1) is 9.33. The van der Waals surface area contributed by atoms with E-state index in [0.29, 0.717) is 0 Å². The average Bonchev–Trinajstić information content (AvgIpc) is 3.05. The number of nitrogens with zero attached hydrogens (tertiary/aromatic N) is 2. The monoisotopic (exact) mass is 278 g/mol. The highest BCUT2D eigenvalue weighted by Crippen LogP contribution is 2.43. The van der Waals surface area contributed by atoms with Crippen molar-refractivity contribution in [3.63, 3.8) is 0 Å². The predicted octanol–water partition coefficient (Wildman–Crippen LogP) is 3.28. The van der Waals surface area contributed by atoms with Crippen molar-refractivity contribution in [2.45, 2.75) is 63.5 Å². The summed E-state index contributed by atoms with van der Waals surface area (Å²) >= 11 is 1.85. The third-order valence-electron chi connectivity index (χ3n) is 5.15. The Hall–Kier alpha value is -0.610. The summed E-state index contributed by atoms with van der Waals surface area (Å²) in [6, 6.07) is 0.735. The first-order valence-electron chi connectivity index (χ1n) is 7.77. The number of rotatable bonds is 1. The number of aliphatic hydroxyl groups excluding tert-OH is 1. The fourth-order valence-corrected chi connectivity index (χ4v) is 5.44. The molecule has 0 amide bonds. The highest BCUT2D eigenvalue weighted by molar-refractivity contribution is 7.15. The number of aliphatic hydroxyl groups is 1. The van der Waals surface area contributed by atoms with Crippen molar-refractivity contribution < 1.29 is 5.11 Å². The lowest BCUT2D eigenvalue weighted by Crippen LogP contribution is -2.42. The second-order valence-corrected chi connectivity index (χ2v) is 7.37. The van der Waals surface area contributed by atoms with Gasteiger partial charge in [-0.25, -0.2) is 4.98 Å². The van der Waals surface area contributed by atoms with Crippen LogP contribution in [-0.2, 0) is 6.42 Å². The molecule has 4 heteroatoms. The van der Waals surface area contributed by atoms with Crippen LogP contribution in [0.5, 0.6) is 0 Å².